The van der Waals surface area contributed by atoms with Gasteiger partial charge in [0.05, 0.1) is 24.0 Å². The smallest absolute Gasteiger partial charge is 0.122 e. The number of aromatic nitrogens is 2. The number of nitrogens with one attached hydrogen (secondary N) is 1. The first-order valence-corrected chi connectivity index (χ1v) is 8.26. The predicted molar refractivity (Wildman–Crippen MR) is 89.5 cm³/mol. The summed E-state index contributed by atoms with van der Waals surface area (Å²) in [5, 5.41) is 8.18. The molecule has 22 heavy (non-hydrogen) atoms. The van der Waals surface area contributed by atoms with E-state index in [1.54, 1.807) is 0 Å². The Kier molecular flexibility index (Phi) is 4.36. The third-order valence-electron chi connectivity index (χ3n) is 4.31. The number of fused-ring (bicyclic) bond motifs is 1. The SMILES string of the molecule is CCc1nn(C)cc1NC(CC)c1ccc2c(c1)CCCO2. The highest BCUT2D eigenvalue weighted by Gasteiger charge is 2.16. The molecule has 2 aromatic rings. The molecule has 1 N–H and O–H groups in total. The lowest BCUT2D eigenvalue weighted by Gasteiger charge is -2.22. The molecule has 2 heterocycles. The van der Waals surface area contributed by atoms with Gasteiger partial charge in [0.1, 0.15) is 5.75 Å². The fourth-order valence-electron chi connectivity index (χ4n) is 3.12. The van der Waals surface area contributed by atoms with Gasteiger partial charge in [-0.1, -0.05) is 26.0 Å². The Labute approximate surface area is 132 Å². The second kappa shape index (κ2) is 6.42. The molecule has 4 heteroatoms. The van der Waals surface area contributed by atoms with E-state index in [0.29, 0.717) is 6.04 Å². The monoisotopic (exact) mass is 299 g/mol. The Morgan fingerprint density at radius 3 is 3.00 bits per heavy atom. The predicted octanol–water partition coefficient (Wildman–Crippen LogP) is 3.87. The lowest BCUT2D eigenvalue weighted by Crippen LogP contribution is -2.13. The minimum atomic E-state index is 0.307. The summed E-state index contributed by atoms with van der Waals surface area (Å²) >= 11 is 0. The van der Waals surface area contributed by atoms with Crippen LogP contribution in [0.15, 0.2) is 24.4 Å². The Hall–Kier alpha value is -1.97. The number of nitrogens with zero attached hydrogens (tertiary/aromatic N) is 2. The van der Waals surface area contributed by atoms with Gasteiger partial charge in [-0.05, 0) is 42.9 Å². The molecule has 0 saturated heterocycles. The molecular weight excluding hydrogens is 274 g/mol. The molecule has 1 unspecified atom stereocenters. The molecule has 0 radical (unpaired) electrons. The first-order valence-electron chi connectivity index (χ1n) is 8.26. The van der Waals surface area contributed by atoms with E-state index in [-0.39, 0.29) is 0 Å². The van der Waals surface area contributed by atoms with Crippen LogP contribution in [0.1, 0.15) is 49.6 Å². The van der Waals surface area contributed by atoms with Crippen LogP contribution >= 0.6 is 0 Å². The molecule has 0 spiro atoms. The zero-order valence-electron chi connectivity index (χ0n) is 13.7. The van der Waals surface area contributed by atoms with Crippen LogP contribution in [0.5, 0.6) is 5.75 Å². The van der Waals surface area contributed by atoms with Crippen molar-refractivity contribution in [1.82, 2.24) is 9.78 Å². The summed E-state index contributed by atoms with van der Waals surface area (Å²) in [6.07, 6.45) is 6.29. The molecule has 0 saturated carbocycles. The first kappa shape index (κ1) is 14.9. The number of anilines is 1. The van der Waals surface area contributed by atoms with Crippen molar-refractivity contribution in [3.8, 4) is 5.75 Å². The third kappa shape index (κ3) is 2.96. The normalized spacial score (nSPS) is 15.0. The van der Waals surface area contributed by atoms with Gasteiger partial charge in [-0.3, -0.25) is 4.68 Å². The van der Waals surface area contributed by atoms with Crippen LogP contribution < -0.4 is 10.1 Å². The largest absolute Gasteiger partial charge is 0.493 e. The molecule has 0 bridgehead atoms. The van der Waals surface area contributed by atoms with Gasteiger partial charge in [0.25, 0.3) is 0 Å². The highest BCUT2D eigenvalue weighted by molar-refractivity contribution is 5.49. The summed E-state index contributed by atoms with van der Waals surface area (Å²) in [5.74, 6) is 1.06. The second-order valence-corrected chi connectivity index (χ2v) is 5.94. The molecule has 1 aromatic carbocycles. The van der Waals surface area contributed by atoms with Crippen molar-refractivity contribution >= 4 is 5.69 Å². The molecular formula is C18H25N3O. The summed E-state index contributed by atoms with van der Waals surface area (Å²) in [7, 11) is 1.97. The highest BCUT2D eigenvalue weighted by Crippen LogP contribution is 2.31. The average Bonchev–Trinajstić information content (AvgIpc) is 2.91. The van der Waals surface area contributed by atoms with E-state index in [1.807, 2.05) is 11.7 Å². The topological polar surface area (TPSA) is 39.1 Å². The Balaban J connectivity index is 1.84. The second-order valence-electron chi connectivity index (χ2n) is 5.94. The fraction of sp³-hybridized carbons (Fsp3) is 0.500. The summed E-state index contributed by atoms with van der Waals surface area (Å²) in [6.45, 7) is 5.21. The lowest BCUT2D eigenvalue weighted by atomic mass is 9.98. The van der Waals surface area contributed by atoms with E-state index in [2.05, 4.69) is 48.7 Å². The van der Waals surface area contributed by atoms with Crippen molar-refractivity contribution in [1.29, 1.82) is 0 Å². The zero-order chi connectivity index (χ0) is 15.5. The fourth-order valence-corrected chi connectivity index (χ4v) is 3.12. The van der Waals surface area contributed by atoms with Crippen molar-refractivity contribution in [3.05, 3.63) is 41.2 Å². The van der Waals surface area contributed by atoms with Crippen LogP contribution in [0.2, 0.25) is 0 Å². The molecule has 3 rings (SSSR count). The van der Waals surface area contributed by atoms with Gasteiger partial charge in [0, 0.05) is 13.2 Å². The first-order chi connectivity index (χ1) is 10.7. The summed E-state index contributed by atoms with van der Waals surface area (Å²) in [4.78, 5) is 0. The summed E-state index contributed by atoms with van der Waals surface area (Å²) in [5.41, 5.74) is 4.94. The van der Waals surface area contributed by atoms with Gasteiger partial charge in [0.2, 0.25) is 0 Å². The molecule has 1 aliphatic heterocycles. The van der Waals surface area contributed by atoms with Crippen LogP contribution in [0.3, 0.4) is 0 Å². The van der Waals surface area contributed by atoms with Gasteiger partial charge in [-0.25, -0.2) is 0 Å². The molecule has 0 fully saturated rings. The zero-order valence-corrected chi connectivity index (χ0v) is 13.7. The quantitative estimate of drug-likeness (QED) is 0.911. The van der Waals surface area contributed by atoms with E-state index in [1.165, 1.54) is 11.1 Å². The van der Waals surface area contributed by atoms with Crippen LogP contribution in [0, 0.1) is 0 Å². The molecule has 0 amide bonds. The van der Waals surface area contributed by atoms with Gasteiger partial charge < -0.3 is 10.1 Å². The van der Waals surface area contributed by atoms with E-state index < -0.39 is 0 Å². The van der Waals surface area contributed by atoms with Crippen molar-refractivity contribution in [2.75, 3.05) is 11.9 Å². The van der Waals surface area contributed by atoms with E-state index >= 15 is 0 Å². The van der Waals surface area contributed by atoms with Crippen LogP contribution in [-0.2, 0) is 19.9 Å². The van der Waals surface area contributed by atoms with Gasteiger partial charge in [0.15, 0.2) is 0 Å². The van der Waals surface area contributed by atoms with E-state index in [4.69, 9.17) is 4.74 Å². The van der Waals surface area contributed by atoms with Crippen molar-refractivity contribution in [3.63, 3.8) is 0 Å². The number of benzene rings is 1. The maximum atomic E-state index is 5.72. The Morgan fingerprint density at radius 2 is 2.23 bits per heavy atom. The molecule has 118 valence electrons. The molecule has 0 aliphatic carbocycles. The number of hydrogen-bond donors (Lipinski definition) is 1. The summed E-state index contributed by atoms with van der Waals surface area (Å²) < 4.78 is 7.60. The number of aryl methyl sites for hydroxylation is 3. The molecule has 4 nitrogen and oxygen atoms in total. The van der Waals surface area contributed by atoms with Crippen molar-refractivity contribution < 1.29 is 4.74 Å². The number of ether oxygens (including phenoxy) is 1. The van der Waals surface area contributed by atoms with E-state index in [9.17, 15) is 0 Å². The van der Waals surface area contributed by atoms with Gasteiger partial charge in [-0.15, -0.1) is 0 Å². The minimum Gasteiger partial charge on any atom is -0.493 e. The third-order valence-corrected chi connectivity index (χ3v) is 4.31. The Morgan fingerprint density at radius 1 is 1.36 bits per heavy atom. The van der Waals surface area contributed by atoms with Crippen molar-refractivity contribution in [2.45, 2.75) is 45.6 Å². The van der Waals surface area contributed by atoms with E-state index in [0.717, 1.165) is 49.4 Å². The Bertz CT molecular complexity index is 648. The number of hydrogen-bond acceptors (Lipinski definition) is 3. The maximum Gasteiger partial charge on any atom is 0.122 e. The summed E-state index contributed by atoms with van der Waals surface area (Å²) in [6, 6.07) is 6.92. The molecule has 1 aromatic heterocycles. The highest BCUT2D eigenvalue weighted by atomic mass is 16.5. The molecule has 1 aliphatic rings. The van der Waals surface area contributed by atoms with Crippen LogP contribution in [-0.4, -0.2) is 16.4 Å². The maximum absolute atomic E-state index is 5.72. The van der Waals surface area contributed by atoms with Crippen LogP contribution in [0.25, 0.3) is 0 Å². The van der Waals surface area contributed by atoms with Gasteiger partial charge in [-0.2, -0.15) is 5.10 Å². The molecule has 1 atom stereocenters. The minimum absolute atomic E-state index is 0.307. The standard InChI is InChI=1S/C18H25N3O/c1-4-15(19-17-12-21(3)20-16(17)5-2)13-8-9-18-14(11-13)7-6-10-22-18/h8-9,11-12,15,19H,4-7,10H2,1-3H3. The van der Waals surface area contributed by atoms with Gasteiger partial charge >= 0.3 is 0 Å². The number of rotatable bonds is 5. The average molecular weight is 299 g/mol. The van der Waals surface area contributed by atoms with Crippen molar-refractivity contribution in [2.24, 2.45) is 7.05 Å². The lowest BCUT2D eigenvalue weighted by molar-refractivity contribution is 0.288. The van der Waals surface area contributed by atoms with Crippen LogP contribution in [0.4, 0.5) is 5.69 Å².